The van der Waals surface area contributed by atoms with Gasteiger partial charge in [-0.15, -0.1) is 16.4 Å². The average Bonchev–Trinajstić information content (AvgIpc) is 3.13. The van der Waals surface area contributed by atoms with Gasteiger partial charge in [0.05, 0.1) is 10.4 Å². The summed E-state index contributed by atoms with van der Waals surface area (Å²) in [4.78, 5) is 18.4. The second kappa shape index (κ2) is 10.9. The number of nitrogens with zero attached hydrogens (tertiary/aromatic N) is 4. The smallest absolute Gasteiger partial charge is 0.275 e. The van der Waals surface area contributed by atoms with Gasteiger partial charge in [-0.25, -0.2) is 0 Å². The van der Waals surface area contributed by atoms with Crippen LogP contribution < -0.4 is 0 Å². The molecule has 1 aliphatic heterocycles. The zero-order valence-electron chi connectivity index (χ0n) is 20.8. The Balaban J connectivity index is 1.44. The van der Waals surface area contributed by atoms with E-state index >= 15 is 0 Å². The maximum Gasteiger partial charge on any atom is 0.275 e. The molecule has 0 bridgehead atoms. The Morgan fingerprint density at radius 1 is 1.06 bits per heavy atom. The fourth-order valence-corrected chi connectivity index (χ4v) is 7.03. The van der Waals surface area contributed by atoms with E-state index in [0.29, 0.717) is 11.6 Å². The number of aromatic nitrogens is 2. The number of carbonyl (C=O) groups excluding carboxylic acids is 1. The third-order valence-electron chi connectivity index (χ3n) is 7.64. The monoisotopic (exact) mass is 510 g/mol. The molecule has 5 nitrogen and oxygen atoms in total. The van der Waals surface area contributed by atoms with Crippen molar-refractivity contribution in [2.45, 2.75) is 63.8 Å². The largest absolute Gasteiger partial charge is 0.343 e. The van der Waals surface area contributed by atoms with Crippen LogP contribution in [0.15, 0.2) is 30.3 Å². The molecule has 1 unspecified atom stereocenters. The van der Waals surface area contributed by atoms with Crippen molar-refractivity contribution in [1.29, 1.82) is 0 Å². The number of likely N-dealkylation sites (tertiary alicyclic amines) is 1. The number of hydrogen-bond donors (Lipinski definition) is 0. The van der Waals surface area contributed by atoms with Crippen molar-refractivity contribution in [3.63, 3.8) is 0 Å². The molecule has 1 aromatic carbocycles. The molecule has 1 saturated carbocycles. The summed E-state index contributed by atoms with van der Waals surface area (Å²) in [6.07, 6.45) is 11.7. The summed E-state index contributed by atoms with van der Waals surface area (Å²) in [5.74, 6) is 0.481. The fraction of sp³-hybridized carbons (Fsp3) is 0.536. The van der Waals surface area contributed by atoms with E-state index in [1.165, 1.54) is 57.9 Å². The summed E-state index contributed by atoms with van der Waals surface area (Å²) in [6.45, 7) is 2.39. The zero-order chi connectivity index (χ0) is 24.4. The zero-order valence-corrected chi connectivity index (χ0v) is 22.4. The van der Waals surface area contributed by atoms with Crippen LogP contribution in [-0.2, 0) is 6.42 Å². The lowest BCUT2D eigenvalue weighted by atomic mass is 9.90. The van der Waals surface area contributed by atoms with Gasteiger partial charge in [0, 0.05) is 42.0 Å². The van der Waals surface area contributed by atoms with Gasteiger partial charge < -0.3 is 9.80 Å². The Morgan fingerprint density at radius 2 is 1.80 bits per heavy atom. The first-order valence-electron chi connectivity index (χ1n) is 13.0. The molecule has 0 radical (unpaired) electrons. The van der Waals surface area contributed by atoms with E-state index in [1.807, 2.05) is 24.3 Å². The van der Waals surface area contributed by atoms with E-state index in [1.54, 1.807) is 30.3 Å². The normalized spacial score (nSPS) is 20.1. The summed E-state index contributed by atoms with van der Waals surface area (Å²) in [7, 11) is 3.53. The molecule has 1 saturated heterocycles. The highest BCUT2D eigenvalue weighted by Crippen LogP contribution is 2.38. The number of halogens is 1. The number of hydrogen-bond acceptors (Lipinski definition) is 5. The van der Waals surface area contributed by atoms with E-state index in [-0.39, 0.29) is 5.91 Å². The van der Waals surface area contributed by atoms with Gasteiger partial charge in [-0.05, 0) is 68.3 Å². The van der Waals surface area contributed by atoms with Crippen LogP contribution in [0.2, 0.25) is 5.02 Å². The van der Waals surface area contributed by atoms with E-state index in [0.717, 1.165) is 50.3 Å². The van der Waals surface area contributed by atoms with Gasteiger partial charge in [0.25, 0.3) is 5.91 Å². The fourth-order valence-electron chi connectivity index (χ4n) is 5.74. The van der Waals surface area contributed by atoms with Gasteiger partial charge in [0.1, 0.15) is 0 Å². The molecule has 5 rings (SSSR count). The molecule has 186 valence electrons. The number of carbonyl (C=O) groups is 1. The van der Waals surface area contributed by atoms with Crippen molar-refractivity contribution in [3.05, 3.63) is 46.7 Å². The molecule has 0 spiro atoms. The lowest BCUT2D eigenvalue weighted by Gasteiger charge is -2.38. The highest BCUT2D eigenvalue weighted by Gasteiger charge is 2.28. The minimum Gasteiger partial charge on any atom is -0.343 e. The van der Waals surface area contributed by atoms with Crippen LogP contribution in [0.4, 0.5) is 0 Å². The van der Waals surface area contributed by atoms with Crippen LogP contribution in [0.25, 0.3) is 20.5 Å². The first-order chi connectivity index (χ1) is 17.0. The SMILES string of the molecule is CN(C)C(=O)c1nnc(CC2CCCN(C3CCCCCC3)C2)c2cc(-c3ccc(Cl)cc3)sc12. The second-order valence-electron chi connectivity index (χ2n) is 10.4. The summed E-state index contributed by atoms with van der Waals surface area (Å²) in [5.41, 5.74) is 2.57. The first kappa shape index (κ1) is 24.7. The highest BCUT2D eigenvalue weighted by molar-refractivity contribution is 7.22. The molecule has 3 aromatic rings. The topological polar surface area (TPSA) is 49.3 Å². The predicted molar refractivity (Wildman–Crippen MR) is 145 cm³/mol. The average molecular weight is 511 g/mol. The van der Waals surface area contributed by atoms with E-state index in [9.17, 15) is 4.79 Å². The molecule has 1 amide bonds. The van der Waals surface area contributed by atoms with Crippen LogP contribution in [0.5, 0.6) is 0 Å². The Hall–Kier alpha value is -2.02. The number of rotatable bonds is 5. The number of amides is 1. The minimum atomic E-state index is -0.101. The Bertz CT molecular complexity index is 1170. The van der Waals surface area contributed by atoms with Crippen LogP contribution in [0, 0.1) is 5.92 Å². The van der Waals surface area contributed by atoms with Gasteiger partial charge in [-0.2, -0.15) is 5.10 Å². The van der Waals surface area contributed by atoms with Crippen molar-refractivity contribution in [2.75, 3.05) is 27.2 Å². The van der Waals surface area contributed by atoms with Crippen LogP contribution in [-0.4, -0.2) is 59.1 Å². The maximum atomic E-state index is 12.9. The maximum absolute atomic E-state index is 12.9. The number of piperidine rings is 1. The molecule has 0 N–H and O–H groups in total. The third-order valence-corrected chi connectivity index (χ3v) is 9.08. The number of fused-ring (bicyclic) bond motifs is 1. The first-order valence-corrected chi connectivity index (χ1v) is 14.2. The summed E-state index contributed by atoms with van der Waals surface area (Å²) >= 11 is 7.75. The summed E-state index contributed by atoms with van der Waals surface area (Å²) < 4.78 is 0.940. The highest BCUT2D eigenvalue weighted by atomic mass is 35.5. The van der Waals surface area contributed by atoms with Gasteiger partial charge in [0.2, 0.25) is 0 Å². The predicted octanol–water partition coefficient (Wildman–Crippen LogP) is 6.69. The van der Waals surface area contributed by atoms with E-state index in [2.05, 4.69) is 21.2 Å². The number of benzene rings is 1. The van der Waals surface area contributed by atoms with Crippen LogP contribution >= 0.6 is 22.9 Å². The Morgan fingerprint density at radius 3 is 2.51 bits per heavy atom. The van der Waals surface area contributed by atoms with Crippen molar-refractivity contribution in [3.8, 4) is 10.4 Å². The molecule has 1 atom stereocenters. The van der Waals surface area contributed by atoms with Crippen molar-refractivity contribution in [1.82, 2.24) is 20.0 Å². The third kappa shape index (κ3) is 5.55. The molecular formula is C28H35ClN4OS. The van der Waals surface area contributed by atoms with Gasteiger partial charge in [0.15, 0.2) is 5.69 Å². The van der Waals surface area contributed by atoms with Crippen molar-refractivity contribution < 1.29 is 4.79 Å². The van der Waals surface area contributed by atoms with Gasteiger partial charge in [-0.1, -0.05) is 49.4 Å². The summed E-state index contributed by atoms with van der Waals surface area (Å²) in [6, 6.07) is 10.8. The van der Waals surface area contributed by atoms with Crippen molar-refractivity contribution in [2.24, 2.45) is 5.92 Å². The standard InChI is InChI=1S/C28H35ClN4OS/c1-32(2)28(34)26-27-23(17-25(35-27)20-11-13-21(29)14-12-20)24(30-31-26)16-19-8-7-15-33(18-19)22-9-5-3-4-6-10-22/h11-14,17,19,22H,3-10,15-16,18H2,1-2H3. The van der Waals surface area contributed by atoms with Gasteiger partial charge >= 0.3 is 0 Å². The lowest BCUT2D eigenvalue weighted by Crippen LogP contribution is -2.43. The molecule has 1 aliphatic carbocycles. The van der Waals surface area contributed by atoms with Crippen LogP contribution in [0.1, 0.15) is 67.5 Å². The molecule has 2 aromatic heterocycles. The number of thiophene rings is 1. The van der Waals surface area contributed by atoms with E-state index in [4.69, 9.17) is 11.6 Å². The Labute approximate surface area is 217 Å². The molecule has 3 heterocycles. The molecule has 35 heavy (non-hydrogen) atoms. The lowest BCUT2D eigenvalue weighted by molar-refractivity contribution is 0.0823. The molecule has 2 fully saturated rings. The molecular weight excluding hydrogens is 476 g/mol. The minimum absolute atomic E-state index is 0.101. The molecule has 2 aliphatic rings. The quantitative estimate of drug-likeness (QED) is 0.359. The van der Waals surface area contributed by atoms with Gasteiger partial charge in [-0.3, -0.25) is 4.79 Å². The van der Waals surface area contributed by atoms with Crippen molar-refractivity contribution >= 4 is 38.9 Å². The Kier molecular flexibility index (Phi) is 7.71. The van der Waals surface area contributed by atoms with Crippen LogP contribution in [0.3, 0.4) is 0 Å². The summed E-state index contributed by atoms with van der Waals surface area (Å²) in [5, 5.41) is 10.9. The van der Waals surface area contributed by atoms with E-state index < -0.39 is 0 Å². The molecule has 7 heteroatoms. The second-order valence-corrected chi connectivity index (χ2v) is 11.9.